The van der Waals surface area contributed by atoms with Crippen LogP contribution in [0.15, 0.2) is 60.3 Å². The molecule has 0 saturated heterocycles. The van der Waals surface area contributed by atoms with Gasteiger partial charge in [-0.25, -0.2) is 18.1 Å². The van der Waals surface area contributed by atoms with Crippen molar-refractivity contribution in [2.24, 2.45) is 7.05 Å². The monoisotopic (exact) mass is 374 g/mol. The van der Waals surface area contributed by atoms with E-state index in [0.29, 0.717) is 6.54 Å². The third-order valence-electron chi connectivity index (χ3n) is 3.64. The summed E-state index contributed by atoms with van der Waals surface area (Å²) in [6, 6.07) is 7.59. The summed E-state index contributed by atoms with van der Waals surface area (Å²) in [6.45, 7) is -0.0397. The summed E-state index contributed by atoms with van der Waals surface area (Å²) in [4.78, 5) is 15.9. The molecule has 9 nitrogen and oxygen atoms in total. The molecule has 0 aliphatic heterocycles. The standard InChI is InChI=1S/C16H18N6O3S/c1-21-11-15(9-19-21)26(24,25)20-10-16(23)18-8-13-2-4-14(5-3-13)22-7-6-17-12-22/h2-7,9,11-12,20H,8,10H2,1H3,(H,18,23). The van der Waals surface area contributed by atoms with Crippen molar-refractivity contribution in [2.45, 2.75) is 11.4 Å². The molecule has 0 aliphatic carbocycles. The molecule has 0 saturated carbocycles. The third kappa shape index (κ3) is 4.35. The maximum absolute atomic E-state index is 12.0. The van der Waals surface area contributed by atoms with Gasteiger partial charge in [0, 0.05) is 37.9 Å². The van der Waals surface area contributed by atoms with E-state index in [0.717, 1.165) is 11.3 Å². The number of aryl methyl sites for hydroxylation is 1. The number of nitrogens with zero attached hydrogens (tertiary/aromatic N) is 4. The Balaban J connectivity index is 1.49. The lowest BCUT2D eigenvalue weighted by Gasteiger charge is -2.08. The maximum Gasteiger partial charge on any atom is 0.244 e. The topological polar surface area (TPSA) is 111 Å². The van der Waals surface area contributed by atoms with E-state index in [1.807, 2.05) is 35.0 Å². The zero-order valence-electron chi connectivity index (χ0n) is 14.0. The van der Waals surface area contributed by atoms with Crippen molar-refractivity contribution in [3.8, 4) is 5.69 Å². The number of carbonyl (C=O) groups is 1. The first-order valence-electron chi connectivity index (χ1n) is 7.76. The summed E-state index contributed by atoms with van der Waals surface area (Å²) in [5, 5.41) is 6.48. The van der Waals surface area contributed by atoms with Crippen molar-refractivity contribution in [1.29, 1.82) is 0 Å². The second-order valence-corrected chi connectivity index (χ2v) is 7.35. The average molecular weight is 374 g/mol. The molecule has 1 aromatic carbocycles. The van der Waals surface area contributed by atoms with E-state index in [9.17, 15) is 13.2 Å². The van der Waals surface area contributed by atoms with Crippen molar-refractivity contribution in [3.05, 3.63) is 60.9 Å². The zero-order chi connectivity index (χ0) is 18.6. The molecule has 0 bridgehead atoms. The lowest BCUT2D eigenvalue weighted by Crippen LogP contribution is -2.36. The van der Waals surface area contributed by atoms with Gasteiger partial charge in [-0.1, -0.05) is 12.1 Å². The molecule has 26 heavy (non-hydrogen) atoms. The minimum atomic E-state index is -3.75. The smallest absolute Gasteiger partial charge is 0.244 e. The fourth-order valence-corrected chi connectivity index (χ4v) is 3.21. The predicted octanol–water partition coefficient (Wildman–Crippen LogP) is 0.201. The highest BCUT2D eigenvalue weighted by Crippen LogP contribution is 2.09. The summed E-state index contributed by atoms with van der Waals surface area (Å²) in [5.74, 6) is -0.420. The van der Waals surface area contributed by atoms with Gasteiger partial charge in [-0.3, -0.25) is 9.48 Å². The van der Waals surface area contributed by atoms with Crippen LogP contribution in [0.4, 0.5) is 0 Å². The molecule has 1 amide bonds. The summed E-state index contributed by atoms with van der Waals surface area (Å²) < 4.78 is 29.5. The normalized spacial score (nSPS) is 11.4. The first-order chi connectivity index (χ1) is 12.4. The number of rotatable bonds is 7. The summed E-state index contributed by atoms with van der Waals surface area (Å²) >= 11 is 0. The maximum atomic E-state index is 12.0. The minimum absolute atomic E-state index is 0.0166. The van der Waals surface area contributed by atoms with Gasteiger partial charge in [-0.15, -0.1) is 0 Å². The quantitative estimate of drug-likeness (QED) is 0.614. The van der Waals surface area contributed by atoms with Crippen LogP contribution in [-0.4, -0.2) is 40.2 Å². The number of carbonyl (C=O) groups excluding carboxylic acids is 1. The van der Waals surface area contributed by atoms with E-state index in [4.69, 9.17) is 0 Å². The fourth-order valence-electron chi connectivity index (χ4n) is 2.24. The Labute approximate surface area is 150 Å². The summed E-state index contributed by atoms with van der Waals surface area (Å²) in [7, 11) is -2.14. The largest absolute Gasteiger partial charge is 0.351 e. The lowest BCUT2D eigenvalue weighted by molar-refractivity contribution is -0.120. The van der Waals surface area contributed by atoms with Crippen LogP contribution in [0, 0.1) is 0 Å². The molecule has 0 fully saturated rings. The van der Waals surface area contributed by atoms with Crippen molar-refractivity contribution in [1.82, 2.24) is 29.4 Å². The van der Waals surface area contributed by atoms with E-state index < -0.39 is 15.9 Å². The van der Waals surface area contributed by atoms with Gasteiger partial charge >= 0.3 is 0 Å². The number of sulfonamides is 1. The van der Waals surface area contributed by atoms with Crippen LogP contribution < -0.4 is 10.0 Å². The van der Waals surface area contributed by atoms with Crippen LogP contribution in [0.5, 0.6) is 0 Å². The molecule has 0 spiro atoms. The molecule has 0 atom stereocenters. The first-order valence-corrected chi connectivity index (χ1v) is 9.25. The Morgan fingerprint density at radius 3 is 2.62 bits per heavy atom. The molecule has 3 rings (SSSR count). The Morgan fingerprint density at radius 1 is 1.23 bits per heavy atom. The molecule has 136 valence electrons. The minimum Gasteiger partial charge on any atom is -0.351 e. The Kier molecular flexibility index (Phi) is 5.14. The lowest BCUT2D eigenvalue weighted by atomic mass is 10.2. The van der Waals surface area contributed by atoms with Gasteiger partial charge in [0.15, 0.2) is 0 Å². The van der Waals surface area contributed by atoms with E-state index in [1.165, 1.54) is 17.1 Å². The van der Waals surface area contributed by atoms with Gasteiger partial charge in [0.05, 0.1) is 19.1 Å². The van der Waals surface area contributed by atoms with Crippen LogP contribution in [0.25, 0.3) is 5.69 Å². The number of imidazole rings is 1. The first kappa shape index (κ1) is 17.8. The molecular weight excluding hydrogens is 356 g/mol. The number of amides is 1. The van der Waals surface area contributed by atoms with Crippen molar-refractivity contribution < 1.29 is 13.2 Å². The van der Waals surface area contributed by atoms with Gasteiger partial charge in [-0.2, -0.15) is 5.10 Å². The summed E-state index contributed by atoms with van der Waals surface area (Å²) in [6.07, 6.45) is 7.82. The zero-order valence-corrected chi connectivity index (χ0v) is 14.8. The number of hydrogen-bond acceptors (Lipinski definition) is 5. The molecule has 2 heterocycles. The highest BCUT2D eigenvalue weighted by molar-refractivity contribution is 7.89. The number of hydrogen-bond donors (Lipinski definition) is 2. The Morgan fingerprint density at radius 2 is 2.00 bits per heavy atom. The van der Waals surface area contributed by atoms with Gasteiger partial charge in [0.1, 0.15) is 4.90 Å². The van der Waals surface area contributed by atoms with Crippen LogP contribution in [0.2, 0.25) is 0 Å². The van der Waals surface area contributed by atoms with Crippen molar-refractivity contribution in [3.63, 3.8) is 0 Å². The van der Waals surface area contributed by atoms with Crippen LogP contribution >= 0.6 is 0 Å². The van der Waals surface area contributed by atoms with Gasteiger partial charge in [0.25, 0.3) is 0 Å². The molecule has 2 aromatic heterocycles. The fraction of sp³-hybridized carbons (Fsp3) is 0.188. The molecule has 0 radical (unpaired) electrons. The summed E-state index contributed by atoms with van der Waals surface area (Å²) in [5.41, 5.74) is 1.86. The molecule has 2 N–H and O–H groups in total. The van der Waals surface area contributed by atoms with Gasteiger partial charge in [0.2, 0.25) is 15.9 Å². The van der Waals surface area contributed by atoms with Crippen LogP contribution in [-0.2, 0) is 28.4 Å². The number of aromatic nitrogens is 4. The second kappa shape index (κ2) is 7.50. The Bertz CT molecular complexity index is 977. The van der Waals surface area contributed by atoms with Crippen LogP contribution in [0.3, 0.4) is 0 Å². The van der Waals surface area contributed by atoms with Gasteiger partial charge < -0.3 is 9.88 Å². The highest BCUT2D eigenvalue weighted by atomic mass is 32.2. The highest BCUT2D eigenvalue weighted by Gasteiger charge is 2.17. The van der Waals surface area contributed by atoms with E-state index in [1.54, 1.807) is 19.6 Å². The van der Waals surface area contributed by atoms with E-state index >= 15 is 0 Å². The molecule has 0 aliphatic rings. The van der Waals surface area contributed by atoms with Crippen LogP contribution in [0.1, 0.15) is 5.56 Å². The molecule has 10 heteroatoms. The van der Waals surface area contributed by atoms with Gasteiger partial charge in [-0.05, 0) is 17.7 Å². The second-order valence-electron chi connectivity index (χ2n) is 5.59. The molecular formula is C16H18N6O3S. The van der Waals surface area contributed by atoms with Crippen molar-refractivity contribution >= 4 is 15.9 Å². The number of nitrogens with one attached hydrogen (secondary N) is 2. The average Bonchev–Trinajstić information content (AvgIpc) is 3.31. The Hall–Kier alpha value is -2.98. The third-order valence-corrected chi connectivity index (χ3v) is 5.00. The van der Waals surface area contributed by atoms with E-state index in [-0.39, 0.29) is 11.4 Å². The molecule has 0 unspecified atom stereocenters. The number of benzene rings is 1. The predicted molar refractivity (Wildman–Crippen MR) is 93.8 cm³/mol. The van der Waals surface area contributed by atoms with Crippen molar-refractivity contribution in [2.75, 3.05) is 6.54 Å². The molecule has 3 aromatic rings. The SMILES string of the molecule is Cn1cc(S(=O)(=O)NCC(=O)NCc2ccc(-n3ccnc3)cc2)cn1. The van der Waals surface area contributed by atoms with E-state index in [2.05, 4.69) is 20.1 Å².